The highest BCUT2D eigenvalue weighted by Gasteiger charge is 2.16. The zero-order chi connectivity index (χ0) is 10.0. The molecular weight excluding hydrogens is 158 g/mol. The molecule has 0 unspecified atom stereocenters. The molecule has 0 N–H and O–H groups in total. The third-order valence-electron chi connectivity index (χ3n) is 2.31. The summed E-state index contributed by atoms with van der Waals surface area (Å²) < 4.78 is 2.36. The molecule has 0 radical (unpaired) electrons. The molecule has 0 aliphatic rings. The van der Waals surface area contributed by atoms with Gasteiger partial charge in [-0.2, -0.15) is 4.57 Å². The van der Waals surface area contributed by atoms with Crippen LogP contribution in [0.15, 0.2) is 18.3 Å². The summed E-state index contributed by atoms with van der Waals surface area (Å²) in [5.74, 6) is 0.600. The van der Waals surface area contributed by atoms with Crippen LogP contribution in [0.2, 0.25) is 0 Å². The molecule has 1 heterocycles. The maximum Gasteiger partial charge on any atom is 0.184 e. The van der Waals surface area contributed by atoms with Crippen LogP contribution >= 0.6 is 0 Å². The predicted octanol–water partition coefficient (Wildman–Crippen LogP) is 2.99. The van der Waals surface area contributed by atoms with E-state index in [2.05, 4.69) is 57.5 Å². The highest BCUT2D eigenvalue weighted by atomic mass is 15.0. The fourth-order valence-electron chi connectivity index (χ4n) is 1.58. The molecule has 0 spiro atoms. The van der Waals surface area contributed by atoms with Gasteiger partial charge >= 0.3 is 0 Å². The Kier molecular flexibility index (Phi) is 3.07. The van der Waals surface area contributed by atoms with Gasteiger partial charge in [-0.3, -0.25) is 0 Å². The summed E-state index contributed by atoms with van der Waals surface area (Å²) in [4.78, 5) is 0. The van der Waals surface area contributed by atoms with Crippen molar-refractivity contribution < 1.29 is 4.57 Å². The Morgan fingerprint density at radius 2 is 1.69 bits per heavy atom. The molecule has 13 heavy (non-hydrogen) atoms. The van der Waals surface area contributed by atoms with Crippen LogP contribution < -0.4 is 4.57 Å². The van der Waals surface area contributed by atoms with Crippen LogP contribution in [0, 0.1) is 6.92 Å². The van der Waals surface area contributed by atoms with Crippen molar-refractivity contribution in [3.8, 4) is 0 Å². The summed E-state index contributed by atoms with van der Waals surface area (Å²) in [7, 11) is 0. The SMILES string of the molecule is Cc1ccc(C(C)C)[n+](C(C)C)c1. The van der Waals surface area contributed by atoms with Gasteiger partial charge in [-0.05, 0) is 26.8 Å². The maximum absolute atomic E-state index is 2.36. The Morgan fingerprint density at radius 3 is 2.15 bits per heavy atom. The van der Waals surface area contributed by atoms with Gasteiger partial charge in [0, 0.05) is 17.5 Å². The van der Waals surface area contributed by atoms with Crippen molar-refractivity contribution in [1.29, 1.82) is 0 Å². The van der Waals surface area contributed by atoms with E-state index in [0.717, 1.165) is 0 Å². The summed E-state index contributed by atoms with van der Waals surface area (Å²) >= 11 is 0. The maximum atomic E-state index is 2.36. The van der Waals surface area contributed by atoms with Crippen LogP contribution in [0.4, 0.5) is 0 Å². The van der Waals surface area contributed by atoms with Crippen molar-refractivity contribution in [3.05, 3.63) is 29.6 Å². The molecule has 1 heteroatoms. The summed E-state index contributed by atoms with van der Waals surface area (Å²) in [5, 5.41) is 0. The number of aromatic nitrogens is 1. The van der Waals surface area contributed by atoms with Gasteiger partial charge in [0.05, 0.1) is 0 Å². The quantitative estimate of drug-likeness (QED) is 0.613. The number of hydrogen-bond acceptors (Lipinski definition) is 0. The van der Waals surface area contributed by atoms with Crippen LogP contribution in [-0.2, 0) is 0 Å². The van der Waals surface area contributed by atoms with E-state index in [-0.39, 0.29) is 0 Å². The van der Waals surface area contributed by atoms with Crippen molar-refractivity contribution in [1.82, 2.24) is 0 Å². The fourth-order valence-corrected chi connectivity index (χ4v) is 1.58. The average Bonchev–Trinajstić information content (AvgIpc) is 2.03. The lowest BCUT2D eigenvalue weighted by atomic mass is 10.1. The van der Waals surface area contributed by atoms with Crippen LogP contribution in [0.3, 0.4) is 0 Å². The fraction of sp³-hybridized carbons (Fsp3) is 0.583. The first-order chi connectivity index (χ1) is 6.02. The van der Waals surface area contributed by atoms with E-state index in [9.17, 15) is 0 Å². The number of rotatable bonds is 2. The van der Waals surface area contributed by atoms with Gasteiger partial charge in [0.2, 0.25) is 0 Å². The molecule has 1 rings (SSSR count). The monoisotopic (exact) mass is 178 g/mol. The Labute approximate surface area is 81.4 Å². The van der Waals surface area contributed by atoms with Gasteiger partial charge in [0.1, 0.15) is 0 Å². The highest BCUT2D eigenvalue weighted by molar-refractivity contribution is 5.09. The Morgan fingerprint density at radius 1 is 1.08 bits per heavy atom. The van der Waals surface area contributed by atoms with E-state index in [1.807, 2.05) is 0 Å². The van der Waals surface area contributed by atoms with Crippen molar-refractivity contribution in [2.24, 2.45) is 0 Å². The summed E-state index contributed by atoms with van der Waals surface area (Å²) in [6.45, 7) is 11.1. The number of hydrogen-bond donors (Lipinski definition) is 0. The Balaban J connectivity index is 3.19. The number of nitrogens with zero attached hydrogens (tertiary/aromatic N) is 1. The second kappa shape index (κ2) is 3.91. The zero-order valence-electron chi connectivity index (χ0n) is 9.33. The molecule has 72 valence electrons. The van der Waals surface area contributed by atoms with E-state index in [1.54, 1.807) is 0 Å². The van der Waals surface area contributed by atoms with Crippen LogP contribution in [0.5, 0.6) is 0 Å². The van der Waals surface area contributed by atoms with Gasteiger partial charge < -0.3 is 0 Å². The normalized spacial score (nSPS) is 11.3. The minimum absolute atomic E-state index is 0.553. The predicted molar refractivity (Wildman–Crippen MR) is 55.8 cm³/mol. The van der Waals surface area contributed by atoms with Crippen LogP contribution in [0.1, 0.15) is 50.9 Å². The molecule has 0 fully saturated rings. The Bertz CT molecular complexity index is 287. The van der Waals surface area contributed by atoms with E-state index >= 15 is 0 Å². The molecule has 0 atom stereocenters. The summed E-state index contributed by atoms with van der Waals surface area (Å²) in [5.41, 5.74) is 2.75. The first kappa shape index (κ1) is 10.2. The third kappa shape index (κ3) is 2.30. The van der Waals surface area contributed by atoms with Gasteiger partial charge in [-0.1, -0.05) is 13.8 Å². The van der Waals surface area contributed by atoms with Crippen LogP contribution in [0.25, 0.3) is 0 Å². The van der Waals surface area contributed by atoms with E-state index in [4.69, 9.17) is 0 Å². The second-order valence-electron chi connectivity index (χ2n) is 4.29. The molecule has 1 aromatic rings. The molecule has 0 saturated carbocycles. The largest absolute Gasteiger partial charge is 0.200 e. The van der Waals surface area contributed by atoms with Crippen molar-refractivity contribution >= 4 is 0 Å². The molecule has 0 saturated heterocycles. The zero-order valence-corrected chi connectivity index (χ0v) is 9.33. The third-order valence-corrected chi connectivity index (χ3v) is 2.31. The molecule has 1 nitrogen and oxygen atoms in total. The van der Waals surface area contributed by atoms with Crippen LogP contribution in [-0.4, -0.2) is 0 Å². The summed E-state index contributed by atoms with van der Waals surface area (Å²) in [6, 6.07) is 4.98. The lowest BCUT2D eigenvalue weighted by molar-refractivity contribution is -0.724. The standard InChI is InChI=1S/C12H20N/c1-9(2)12-7-6-11(5)8-13(12)10(3)4/h6-10H,1-5H3/q+1. The molecule has 0 bridgehead atoms. The molecule has 1 aromatic heterocycles. The summed E-state index contributed by atoms with van der Waals surface area (Å²) in [6.07, 6.45) is 2.24. The smallest absolute Gasteiger partial charge is 0.184 e. The number of pyridine rings is 1. The lowest BCUT2D eigenvalue weighted by Crippen LogP contribution is -2.41. The van der Waals surface area contributed by atoms with E-state index in [1.165, 1.54) is 11.3 Å². The van der Waals surface area contributed by atoms with Crippen molar-refractivity contribution in [2.45, 2.75) is 46.6 Å². The minimum atomic E-state index is 0.553. The number of aryl methyl sites for hydroxylation is 1. The van der Waals surface area contributed by atoms with Gasteiger partial charge in [-0.25, -0.2) is 0 Å². The lowest BCUT2D eigenvalue weighted by Gasteiger charge is -2.09. The topological polar surface area (TPSA) is 3.88 Å². The molecule has 0 aliphatic carbocycles. The Hall–Kier alpha value is -0.850. The average molecular weight is 178 g/mol. The minimum Gasteiger partial charge on any atom is -0.200 e. The van der Waals surface area contributed by atoms with Gasteiger partial charge in [0.25, 0.3) is 0 Å². The van der Waals surface area contributed by atoms with E-state index in [0.29, 0.717) is 12.0 Å². The first-order valence-electron chi connectivity index (χ1n) is 5.04. The van der Waals surface area contributed by atoms with Crippen molar-refractivity contribution in [3.63, 3.8) is 0 Å². The molecular formula is C12H20N+. The molecule has 0 amide bonds. The second-order valence-corrected chi connectivity index (χ2v) is 4.29. The van der Waals surface area contributed by atoms with Gasteiger partial charge in [-0.15, -0.1) is 0 Å². The van der Waals surface area contributed by atoms with Gasteiger partial charge in [0.15, 0.2) is 17.9 Å². The van der Waals surface area contributed by atoms with E-state index < -0.39 is 0 Å². The molecule has 0 aliphatic heterocycles. The highest BCUT2D eigenvalue weighted by Crippen LogP contribution is 2.11. The molecule has 0 aromatic carbocycles. The van der Waals surface area contributed by atoms with Crippen molar-refractivity contribution in [2.75, 3.05) is 0 Å². The first-order valence-corrected chi connectivity index (χ1v) is 5.04.